The molecule has 7 heteroatoms. The minimum absolute atomic E-state index is 0.0436. The van der Waals surface area contributed by atoms with Crippen molar-refractivity contribution in [3.05, 3.63) is 17.0 Å². The number of rotatable bonds is 5. The predicted molar refractivity (Wildman–Crippen MR) is 61.5 cm³/mol. The van der Waals surface area contributed by atoms with E-state index < -0.39 is 11.9 Å². The van der Waals surface area contributed by atoms with Crippen LogP contribution in [-0.2, 0) is 20.8 Å². The molecule has 0 aliphatic heterocycles. The minimum atomic E-state index is -0.672. The summed E-state index contributed by atoms with van der Waals surface area (Å²) in [5, 5.41) is 4.05. The molecule has 0 aliphatic rings. The third kappa shape index (κ3) is 2.67. The molecule has 0 unspecified atom stereocenters. The molecule has 0 bridgehead atoms. The van der Waals surface area contributed by atoms with Crippen molar-refractivity contribution < 1.29 is 23.8 Å². The quantitative estimate of drug-likeness (QED) is 0.710. The van der Waals surface area contributed by atoms with E-state index in [1.165, 1.54) is 18.9 Å². The van der Waals surface area contributed by atoms with Crippen LogP contribution in [0.5, 0.6) is 0 Å². The molecule has 0 N–H and O–H groups in total. The maximum atomic E-state index is 11.6. The van der Waals surface area contributed by atoms with Crippen LogP contribution in [0.2, 0.25) is 0 Å². The lowest BCUT2D eigenvalue weighted by atomic mass is 10.2. The molecule has 1 aromatic rings. The van der Waals surface area contributed by atoms with Gasteiger partial charge in [0.05, 0.1) is 33.1 Å². The van der Waals surface area contributed by atoms with E-state index in [2.05, 4.69) is 14.6 Å². The van der Waals surface area contributed by atoms with Gasteiger partial charge in [-0.25, -0.2) is 9.59 Å². The number of aromatic nitrogens is 2. The Morgan fingerprint density at radius 3 is 2.28 bits per heavy atom. The molecular formula is C11H16N2O5. The first-order chi connectivity index (χ1) is 8.56. The Labute approximate surface area is 105 Å². The van der Waals surface area contributed by atoms with Crippen LogP contribution in [0.25, 0.3) is 0 Å². The fourth-order valence-corrected chi connectivity index (χ4v) is 1.53. The molecule has 18 heavy (non-hydrogen) atoms. The van der Waals surface area contributed by atoms with Crippen LogP contribution < -0.4 is 0 Å². The number of carbonyl (C=O) groups excluding carboxylic acids is 2. The van der Waals surface area contributed by atoms with Gasteiger partial charge in [0.15, 0.2) is 5.69 Å². The fourth-order valence-electron chi connectivity index (χ4n) is 1.53. The standard InChI is InChI=1S/C11H16N2O5/c1-7-8(10(14)17-3)9(11(15)18-4)12-13(7)5-6-16-2/h5-6H2,1-4H3. The highest BCUT2D eigenvalue weighted by atomic mass is 16.5. The Balaban J connectivity index is 3.22. The van der Waals surface area contributed by atoms with Crippen LogP contribution in [0.15, 0.2) is 0 Å². The van der Waals surface area contributed by atoms with Gasteiger partial charge in [0.1, 0.15) is 5.56 Å². The van der Waals surface area contributed by atoms with Crippen LogP contribution >= 0.6 is 0 Å². The second-order valence-corrected chi connectivity index (χ2v) is 3.51. The molecule has 0 amide bonds. The zero-order valence-electron chi connectivity index (χ0n) is 10.8. The van der Waals surface area contributed by atoms with Gasteiger partial charge in [-0.1, -0.05) is 0 Å². The zero-order valence-corrected chi connectivity index (χ0v) is 10.8. The Hall–Kier alpha value is -1.89. The number of esters is 2. The van der Waals surface area contributed by atoms with Crippen molar-refractivity contribution in [3.8, 4) is 0 Å². The summed E-state index contributed by atoms with van der Waals surface area (Å²) >= 11 is 0. The van der Waals surface area contributed by atoms with Crippen molar-refractivity contribution in [2.24, 2.45) is 0 Å². The van der Waals surface area contributed by atoms with Gasteiger partial charge >= 0.3 is 11.9 Å². The van der Waals surface area contributed by atoms with Gasteiger partial charge in [-0.15, -0.1) is 0 Å². The predicted octanol–water partition coefficient (Wildman–Crippen LogP) is 0.411. The monoisotopic (exact) mass is 256 g/mol. The SMILES string of the molecule is COCCn1nc(C(=O)OC)c(C(=O)OC)c1C. The highest BCUT2D eigenvalue weighted by Gasteiger charge is 2.26. The van der Waals surface area contributed by atoms with Gasteiger partial charge in [0.25, 0.3) is 0 Å². The number of carbonyl (C=O) groups is 2. The van der Waals surface area contributed by atoms with E-state index in [-0.39, 0.29) is 11.3 Å². The molecule has 0 spiro atoms. The highest BCUT2D eigenvalue weighted by molar-refractivity contribution is 6.02. The van der Waals surface area contributed by atoms with E-state index in [0.717, 1.165) is 0 Å². The molecule has 0 saturated heterocycles. The van der Waals surface area contributed by atoms with Gasteiger partial charge in [-0.2, -0.15) is 5.10 Å². The van der Waals surface area contributed by atoms with Gasteiger partial charge < -0.3 is 14.2 Å². The number of ether oxygens (including phenoxy) is 3. The molecule has 1 aromatic heterocycles. The Kier molecular flexibility index (Phi) is 4.85. The number of hydrogen-bond donors (Lipinski definition) is 0. The third-order valence-electron chi connectivity index (χ3n) is 2.48. The summed E-state index contributed by atoms with van der Waals surface area (Å²) in [6.07, 6.45) is 0. The summed E-state index contributed by atoms with van der Waals surface area (Å²) < 4.78 is 15.7. The van der Waals surface area contributed by atoms with E-state index >= 15 is 0 Å². The molecule has 1 rings (SSSR count). The van der Waals surface area contributed by atoms with Crippen molar-refractivity contribution in [2.75, 3.05) is 27.9 Å². The lowest BCUT2D eigenvalue weighted by Crippen LogP contribution is -2.11. The topological polar surface area (TPSA) is 79.7 Å². The smallest absolute Gasteiger partial charge is 0.359 e. The Morgan fingerprint density at radius 2 is 1.78 bits per heavy atom. The molecule has 100 valence electrons. The first-order valence-corrected chi connectivity index (χ1v) is 5.29. The van der Waals surface area contributed by atoms with E-state index in [4.69, 9.17) is 4.74 Å². The van der Waals surface area contributed by atoms with Crippen molar-refractivity contribution >= 4 is 11.9 Å². The van der Waals surface area contributed by atoms with Crippen molar-refractivity contribution in [2.45, 2.75) is 13.5 Å². The number of nitrogens with zero attached hydrogens (tertiary/aromatic N) is 2. The third-order valence-corrected chi connectivity index (χ3v) is 2.48. The van der Waals surface area contributed by atoms with Crippen LogP contribution in [0.1, 0.15) is 26.5 Å². The normalized spacial score (nSPS) is 10.2. The van der Waals surface area contributed by atoms with Crippen LogP contribution in [0.4, 0.5) is 0 Å². The molecule has 0 fully saturated rings. The second-order valence-electron chi connectivity index (χ2n) is 3.51. The van der Waals surface area contributed by atoms with Crippen LogP contribution in [0.3, 0.4) is 0 Å². The second kappa shape index (κ2) is 6.15. The summed E-state index contributed by atoms with van der Waals surface area (Å²) in [6, 6.07) is 0. The Morgan fingerprint density at radius 1 is 1.17 bits per heavy atom. The van der Waals surface area contributed by atoms with Gasteiger partial charge in [0.2, 0.25) is 0 Å². The van der Waals surface area contributed by atoms with E-state index in [0.29, 0.717) is 18.8 Å². The Bertz CT molecular complexity index is 453. The maximum absolute atomic E-state index is 11.6. The van der Waals surface area contributed by atoms with Gasteiger partial charge in [0, 0.05) is 7.11 Å². The molecule has 0 aromatic carbocycles. The molecule has 0 atom stereocenters. The molecule has 1 heterocycles. The van der Waals surface area contributed by atoms with Crippen molar-refractivity contribution in [3.63, 3.8) is 0 Å². The van der Waals surface area contributed by atoms with Crippen LogP contribution in [0, 0.1) is 6.92 Å². The zero-order chi connectivity index (χ0) is 13.7. The average molecular weight is 256 g/mol. The summed E-state index contributed by atoms with van der Waals surface area (Å²) in [4.78, 5) is 23.2. The summed E-state index contributed by atoms with van der Waals surface area (Å²) in [7, 11) is 4.03. The largest absolute Gasteiger partial charge is 0.465 e. The van der Waals surface area contributed by atoms with Gasteiger partial charge in [-0.3, -0.25) is 4.68 Å². The molecular weight excluding hydrogens is 240 g/mol. The average Bonchev–Trinajstić information content (AvgIpc) is 2.71. The van der Waals surface area contributed by atoms with Crippen molar-refractivity contribution in [1.29, 1.82) is 0 Å². The molecule has 0 radical (unpaired) electrons. The lowest BCUT2D eigenvalue weighted by molar-refractivity contribution is 0.0551. The first kappa shape index (κ1) is 14.2. The summed E-state index contributed by atoms with van der Waals surface area (Å²) in [5.41, 5.74) is 0.623. The van der Waals surface area contributed by atoms with Gasteiger partial charge in [-0.05, 0) is 6.92 Å². The van der Waals surface area contributed by atoms with E-state index in [9.17, 15) is 9.59 Å². The maximum Gasteiger partial charge on any atom is 0.359 e. The fraction of sp³-hybridized carbons (Fsp3) is 0.545. The van der Waals surface area contributed by atoms with E-state index in [1.54, 1.807) is 14.0 Å². The lowest BCUT2D eigenvalue weighted by Gasteiger charge is -2.03. The molecule has 0 aliphatic carbocycles. The minimum Gasteiger partial charge on any atom is -0.465 e. The summed E-state index contributed by atoms with van der Waals surface area (Å²) in [5.74, 6) is -1.29. The highest BCUT2D eigenvalue weighted by Crippen LogP contribution is 2.16. The van der Waals surface area contributed by atoms with E-state index in [1.807, 2.05) is 0 Å². The molecule has 7 nitrogen and oxygen atoms in total. The number of methoxy groups -OCH3 is 3. The first-order valence-electron chi connectivity index (χ1n) is 5.29. The molecule has 0 saturated carbocycles. The van der Waals surface area contributed by atoms with Crippen LogP contribution in [-0.4, -0.2) is 49.7 Å². The van der Waals surface area contributed by atoms with Crippen molar-refractivity contribution in [1.82, 2.24) is 9.78 Å². The summed E-state index contributed by atoms with van der Waals surface area (Å²) in [6.45, 7) is 2.54. The number of hydrogen-bond acceptors (Lipinski definition) is 6.